The van der Waals surface area contributed by atoms with Gasteiger partial charge in [-0.05, 0) is 24.6 Å². The second-order valence-corrected chi connectivity index (χ2v) is 5.31. The maximum absolute atomic E-state index is 11.9. The number of ether oxygens (including phenoxy) is 1. The van der Waals surface area contributed by atoms with Crippen LogP contribution in [0.3, 0.4) is 0 Å². The van der Waals surface area contributed by atoms with E-state index < -0.39 is 5.97 Å². The van der Waals surface area contributed by atoms with Crippen molar-refractivity contribution in [1.82, 2.24) is 10.4 Å². The average molecular weight is 318 g/mol. The van der Waals surface area contributed by atoms with Crippen molar-refractivity contribution in [3.05, 3.63) is 46.0 Å². The maximum Gasteiger partial charge on any atom is 0.337 e. The number of esters is 1. The molecule has 2 rings (SSSR count). The molecule has 3 N–H and O–H groups in total. The summed E-state index contributed by atoms with van der Waals surface area (Å²) >= 11 is 1.11. The van der Waals surface area contributed by atoms with Gasteiger partial charge in [-0.2, -0.15) is 5.10 Å². The minimum atomic E-state index is -0.407. The fourth-order valence-corrected chi connectivity index (χ4v) is 2.39. The van der Waals surface area contributed by atoms with Crippen LogP contribution in [0.15, 0.2) is 29.4 Å². The largest absolute Gasteiger partial charge is 0.465 e. The number of nitrogens with zero attached hydrogens (tertiary/aromatic N) is 2. The number of nitrogen functional groups attached to an aromatic ring is 1. The molecular weight excluding hydrogens is 304 g/mol. The number of aryl methyl sites for hydroxylation is 1. The third kappa shape index (κ3) is 3.67. The Balaban J connectivity index is 1.99. The highest BCUT2D eigenvalue weighted by atomic mass is 32.1. The van der Waals surface area contributed by atoms with Crippen molar-refractivity contribution >= 4 is 34.6 Å². The lowest BCUT2D eigenvalue weighted by atomic mass is 10.1. The van der Waals surface area contributed by atoms with Crippen LogP contribution in [0.4, 0.5) is 5.13 Å². The van der Waals surface area contributed by atoms with Gasteiger partial charge in [0.2, 0.25) is 0 Å². The van der Waals surface area contributed by atoms with Crippen LogP contribution in [0.25, 0.3) is 0 Å². The molecule has 1 amide bonds. The number of nitrogens with one attached hydrogen (secondary N) is 1. The molecule has 1 aromatic carbocycles. The van der Waals surface area contributed by atoms with Crippen molar-refractivity contribution in [2.24, 2.45) is 5.10 Å². The van der Waals surface area contributed by atoms with Gasteiger partial charge in [-0.15, -0.1) is 0 Å². The van der Waals surface area contributed by atoms with Crippen molar-refractivity contribution in [1.29, 1.82) is 0 Å². The summed E-state index contributed by atoms with van der Waals surface area (Å²) in [5.74, 6) is -0.774. The van der Waals surface area contributed by atoms with Gasteiger partial charge < -0.3 is 10.5 Å². The van der Waals surface area contributed by atoms with Gasteiger partial charge in [0, 0.05) is 0 Å². The van der Waals surface area contributed by atoms with Crippen LogP contribution in [0.2, 0.25) is 0 Å². The van der Waals surface area contributed by atoms with E-state index >= 15 is 0 Å². The molecule has 0 fully saturated rings. The highest BCUT2D eigenvalue weighted by Crippen LogP contribution is 2.19. The fourth-order valence-electron chi connectivity index (χ4n) is 1.67. The first-order chi connectivity index (χ1) is 10.5. The van der Waals surface area contributed by atoms with Gasteiger partial charge in [-0.1, -0.05) is 23.5 Å². The summed E-state index contributed by atoms with van der Waals surface area (Å²) < 4.78 is 4.61. The first-order valence-electron chi connectivity index (χ1n) is 6.26. The Morgan fingerprint density at radius 2 is 2.05 bits per heavy atom. The number of aromatic nitrogens is 1. The molecule has 0 atom stereocenters. The second kappa shape index (κ2) is 6.81. The number of nitrogens with two attached hydrogens (primary N) is 1. The molecule has 0 aliphatic rings. The predicted molar refractivity (Wildman–Crippen MR) is 84.1 cm³/mol. The van der Waals surface area contributed by atoms with Crippen LogP contribution in [-0.4, -0.2) is 30.2 Å². The van der Waals surface area contributed by atoms with Gasteiger partial charge in [-0.25, -0.2) is 15.2 Å². The van der Waals surface area contributed by atoms with Gasteiger partial charge in [0.15, 0.2) is 5.13 Å². The first-order valence-corrected chi connectivity index (χ1v) is 7.07. The van der Waals surface area contributed by atoms with E-state index in [0.717, 1.165) is 16.9 Å². The Labute approximate surface area is 130 Å². The zero-order valence-electron chi connectivity index (χ0n) is 12.0. The Kier molecular flexibility index (Phi) is 4.84. The average Bonchev–Trinajstić information content (AvgIpc) is 2.86. The molecule has 1 aromatic heterocycles. The molecule has 0 aliphatic carbocycles. The molecule has 2 aromatic rings. The van der Waals surface area contributed by atoms with Crippen molar-refractivity contribution in [2.45, 2.75) is 6.92 Å². The van der Waals surface area contributed by atoms with Crippen LogP contribution in [0.1, 0.15) is 31.3 Å². The Hall–Kier alpha value is -2.74. The van der Waals surface area contributed by atoms with Gasteiger partial charge in [0.1, 0.15) is 4.88 Å². The topological polar surface area (TPSA) is 107 Å². The zero-order valence-corrected chi connectivity index (χ0v) is 12.8. The minimum absolute atomic E-state index is 0.338. The zero-order chi connectivity index (χ0) is 16.1. The lowest BCUT2D eigenvalue weighted by Crippen LogP contribution is -2.17. The van der Waals surface area contributed by atoms with E-state index in [4.69, 9.17) is 5.73 Å². The number of rotatable bonds is 4. The molecule has 7 nitrogen and oxygen atoms in total. The van der Waals surface area contributed by atoms with Crippen molar-refractivity contribution < 1.29 is 14.3 Å². The van der Waals surface area contributed by atoms with E-state index in [1.165, 1.54) is 13.3 Å². The normalized spacial score (nSPS) is 10.6. The molecule has 8 heteroatoms. The quantitative estimate of drug-likeness (QED) is 0.506. The molecule has 0 bridgehead atoms. The number of carbonyl (C=O) groups is 2. The van der Waals surface area contributed by atoms with E-state index in [9.17, 15) is 9.59 Å². The number of amides is 1. The van der Waals surface area contributed by atoms with E-state index in [2.05, 4.69) is 20.2 Å². The van der Waals surface area contributed by atoms with E-state index in [1.54, 1.807) is 31.2 Å². The number of hydrogen-bond donors (Lipinski definition) is 2. The van der Waals surface area contributed by atoms with Gasteiger partial charge in [0.25, 0.3) is 5.91 Å². The predicted octanol–water partition coefficient (Wildman–Crippen LogP) is 1.58. The third-order valence-corrected chi connectivity index (χ3v) is 3.72. The Bertz CT molecular complexity index is 722. The highest BCUT2D eigenvalue weighted by molar-refractivity contribution is 7.17. The molecule has 114 valence electrons. The molecule has 0 aliphatic heterocycles. The number of anilines is 1. The van der Waals surface area contributed by atoms with Crippen molar-refractivity contribution in [2.75, 3.05) is 12.8 Å². The summed E-state index contributed by atoms with van der Waals surface area (Å²) in [6.45, 7) is 1.71. The molecule has 1 heterocycles. The number of benzene rings is 1. The molecule has 0 unspecified atom stereocenters. The number of hydrogen-bond acceptors (Lipinski definition) is 7. The highest BCUT2D eigenvalue weighted by Gasteiger charge is 2.13. The lowest BCUT2D eigenvalue weighted by Gasteiger charge is -1.99. The molecule has 0 saturated carbocycles. The Morgan fingerprint density at radius 1 is 1.36 bits per heavy atom. The number of thiazole rings is 1. The van der Waals surface area contributed by atoms with Crippen LogP contribution in [0, 0.1) is 6.92 Å². The maximum atomic E-state index is 11.9. The summed E-state index contributed by atoms with van der Waals surface area (Å²) in [5, 5.41) is 4.20. The fraction of sp³-hybridized carbons (Fsp3) is 0.143. The molecule has 22 heavy (non-hydrogen) atoms. The SMILES string of the molecule is COC(=O)c1ccc(/C=N/NC(=O)c2sc(N)nc2C)cc1. The summed E-state index contributed by atoms with van der Waals surface area (Å²) in [4.78, 5) is 27.6. The van der Waals surface area contributed by atoms with Crippen LogP contribution in [-0.2, 0) is 4.74 Å². The van der Waals surface area contributed by atoms with Gasteiger partial charge >= 0.3 is 5.97 Å². The van der Waals surface area contributed by atoms with E-state index in [0.29, 0.717) is 21.3 Å². The standard InChI is InChI=1S/C14H14N4O3S/c1-8-11(22-14(15)17-8)12(19)18-16-7-9-3-5-10(6-4-9)13(20)21-2/h3-7H,1-2H3,(H2,15,17)(H,18,19)/b16-7+. The summed E-state index contributed by atoms with van der Waals surface area (Å²) in [6, 6.07) is 6.61. The number of hydrazone groups is 1. The second-order valence-electron chi connectivity index (χ2n) is 4.28. The molecule has 0 radical (unpaired) electrons. The smallest absolute Gasteiger partial charge is 0.337 e. The van der Waals surface area contributed by atoms with Gasteiger partial charge in [-0.3, -0.25) is 4.79 Å². The van der Waals surface area contributed by atoms with Crippen LogP contribution < -0.4 is 11.2 Å². The molecule has 0 spiro atoms. The summed E-state index contributed by atoms with van der Waals surface area (Å²) in [7, 11) is 1.32. The molecule has 0 saturated heterocycles. The lowest BCUT2D eigenvalue weighted by molar-refractivity contribution is 0.0600. The van der Waals surface area contributed by atoms with Crippen molar-refractivity contribution in [3.8, 4) is 0 Å². The van der Waals surface area contributed by atoms with Crippen LogP contribution in [0.5, 0.6) is 0 Å². The monoisotopic (exact) mass is 318 g/mol. The summed E-state index contributed by atoms with van der Waals surface area (Å²) in [5.41, 5.74) is 9.68. The number of methoxy groups -OCH3 is 1. The van der Waals surface area contributed by atoms with E-state index in [-0.39, 0.29) is 5.91 Å². The third-order valence-electron chi connectivity index (χ3n) is 2.73. The Morgan fingerprint density at radius 3 is 2.59 bits per heavy atom. The van der Waals surface area contributed by atoms with Crippen molar-refractivity contribution in [3.63, 3.8) is 0 Å². The van der Waals surface area contributed by atoms with Crippen LogP contribution >= 0.6 is 11.3 Å². The molecular formula is C14H14N4O3S. The minimum Gasteiger partial charge on any atom is -0.465 e. The van der Waals surface area contributed by atoms with E-state index in [1.807, 2.05) is 0 Å². The first kappa shape index (κ1) is 15.6. The number of carbonyl (C=O) groups excluding carboxylic acids is 2. The summed E-state index contributed by atoms with van der Waals surface area (Å²) in [6.07, 6.45) is 1.47. The van der Waals surface area contributed by atoms with Gasteiger partial charge in [0.05, 0.1) is 24.6 Å².